The highest BCUT2D eigenvalue weighted by Gasteiger charge is 2.29. The van der Waals surface area contributed by atoms with Crippen molar-refractivity contribution in [1.29, 1.82) is 0 Å². The van der Waals surface area contributed by atoms with Crippen LogP contribution < -0.4 is 0 Å². The average Bonchev–Trinajstić information content (AvgIpc) is 2.64. The van der Waals surface area contributed by atoms with Crippen molar-refractivity contribution in [2.24, 2.45) is 0 Å². The second kappa shape index (κ2) is 5.28. The first-order chi connectivity index (χ1) is 7.25. The highest BCUT2D eigenvalue weighted by atomic mass is 16.5. The number of hydrogen-bond donors (Lipinski definition) is 0. The lowest BCUT2D eigenvalue weighted by molar-refractivity contribution is 0.0370. The molecule has 2 aliphatic heterocycles. The van der Waals surface area contributed by atoms with Gasteiger partial charge in [-0.05, 0) is 33.2 Å². The van der Waals surface area contributed by atoms with Gasteiger partial charge in [0.2, 0.25) is 0 Å². The monoisotopic (exact) mass is 212 g/mol. The van der Waals surface area contributed by atoms with Crippen molar-refractivity contribution in [2.75, 3.05) is 39.3 Å². The summed E-state index contributed by atoms with van der Waals surface area (Å²) in [4.78, 5) is 5.22. The van der Waals surface area contributed by atoms with Crippen molar-refractivity contribution in [3.63, 3.8) is 0 Å². The summed E-state index contributed by atoms with van der Waals surface area (Å²) in [7, 11) is 0. The molecule has 2 rings (SSSR count). The molecule has 0 radical (unpaired) electrons. The van der Waals surface area contributed by atoms with Crippen LogP contribution in [-0.2, 0) is 4.74 Å². The van der Waals surface area contributed by atoms with Gasteiger partial charge in [-0.25, -0.2) is 0 Å². The molecule has 2 saturated heterocycles. The van der Waals surface area contributed by atoms with E-state index in [2.05, 4.69) is 23.6 Å². The van der Waals surface area contributed by atoms with Crippen molar-refractivity contribution in [1.82, 2.24) is 9.80 Å². The molecule has 2 heterocycles. The van der Waals surface area contributed by atoms with Crippen molar-refractivity contribution < 1.29 is 4.74 Å². The van der Waals surface area contributed by atoms with Gasteiger partial charge in [-0.2, -0.15) is 0 Å². The summed E-state index contributed by atoms with van der Waals surface area (Å²) in [6.07, 6.45) is 3.18. The molecule has 0 bridgehead atoms. The fourth-order valence-electron chi connectivity index (χ4n) is 2.68. The number of hydrogen-bond acceptors (Lipinski definition) is 3. The third kappa shape index (κ3) is 3.16. The SMILES string of the molecule is CC(C)OCCN1CCN2CCCC2C1. The number of nitrogens with zero attached hydrogens (tertiary/aromatic N) is 2. The Morgan fingerprint density at radius 2 is 2.13 bits per heavy atom. The van der Waals surface area contributed by atoms with Crippen molar-refractivity contribution in [2.45, 2.75) is 38.8 Å². The zero-order valence-electron chi connectivity index (χ0n) is 10.1. The average molecular weight is 212 g/mol. The standard InChI is InChI=1S/C12H24N2O/c1-11(2)15-9-8-13-6-7-14-5-3-4-12(14)10-13/h11-12H,3-10H2,1-2H3. The van der Waals surface area contributed by atoms with Crippen molar-refractivity contribution >= 4 is 0 Å². The van der Waals surface area contributed by atoms with Crippen LogP contribution in [0.2, 0.25) is 0 Å². The molecule has 3 nitrogen and oxygen atoms in total. The molecule has 1 unspecified atom stereocenters. The second-order valence-electron chi connectivity index (χ2n) is 5.05. The Balaban J connectivity index is 1.66. The maximum absolute atomic E-state index is 5.60. The summed E-state index contributed by atoms with van der Waals surface area (Å²) in [5.41, 5.74) is 0. The molecule has 0 aromatic rings. The summed E-state index contributed by atoms with van der Waals surface area (Å²) in [5.74, 6) is 0. The van der Waals surface area contributed by atoms with Crippen molar-refractivity contribution in [3.8, 4) is 0 Å². The predicted octanol–water partition coefficient (Wildman–Crippen LogP) is 1.19. The van der Waals surface area contributed by atoms with Gasteiger partial charge in [-0.1, -0.05) is 0 Å². The Morgan fingerprint density at radius 1 is 1.27 bits per heavy atom. The Labute approximate surface area is 93.4 Å². The van der Waals surface area contributed by atoms with E-state index >= 15 is 0 Å². The topological polar surface area (TPSA) is 15.7 Å². The van der Waals surface area contributed by atoms with Gasteiger partial charge in [-0.3, -0.25) is 9.80 Å². The van der Waals surface area contributed by atoms with Gasteiger partial charge in [0.05, 0.1) is 12.7 Å². The molecular formula is C12H24N2O. The van der Waals surface area contributed by atoms with E-state index in [0.717, 1.165) is 19.2 Å². The Kier molecular flexibility index (Phi) is 4.00. The summed E-state index contributed by atoms with van der Waals surface area (Å²) < 4.78 is 5.60. The molecule has 3 heteroatoms. The van der Waals surface area contributed by atoms with Crippen LogP contribution in [0.25, 0.3) is 0 Å². The van der Waals surface area contributed by atoms with Gasteiger partial charge in [0.15, 0.2) is 0 Å². The summed E-state index contributed by atoms with van der Waals surface area (Å²) >= 11 is 0. The van der Waals surface area contributed by atoms with Crippen molar-refractivity contribution in [3.05, 3.63) is 0 Å². The quantitative estimate of drug-likeness (QED) is 0.696. The zero-order valence-corrected chi connectivity index (χ0v) is 10.1. The summed E-state index contributed by atoms with van der Waals surface area (Å²) in [6, 6.07) is 0.845. The molecule has 2 aliphatic rings. The molecule has 0 aromatic carbocycles. The number of fused-ring (bicyclic) bond motifs is 1. The summed E-state index contributed by atoms with van der Waals surface area (Å²) in [5, 5.41) is 0. The lowest BCUT2D eigenvalue weighted by Crippen LogP contribution is -2.50. The van der Waals surface area contributed by atoms with Crippen LogP contribution in [-0.4, -0.2) is 61.3 Å². The molecule has 2 fully saturated rings. The molecular weight excluding hydrogens is 188 g/mol. The van der Waals surface area contributed by atoms with E-state index in [4.69, 9.17) is 4.74 Å². The number of ether oxygens (including phenoxy) is 1. The van der Waals surface area contributed by atoms with Crippen LogP contribution >= 0.6 is 0 Å². The fraction of sp³-hybridized carbons (Fsp3) is 1.00. The van der Waals surface area contributed by atoms with E-state index in [1.165, 1.54) is 39.0 Å². The smallest absolute Gasteiger partial charge is 0.0596 e. The van der Waals surface area contributed by atoms with Gasteiger partial charge in [0.1, 0.15) is 0 Å². The molecule has 0 amide bonds. The minimum absolute atomic E-state index is 0.373. The van der Waals surface area contributed by atoms with E-state index in [-0.39, 0.29) is 0 Å². The van der Waals surface area contributed by atoms with Crippen LogP contribution in [0.15, 0.2) is 0 Å². The van der Waals surface area contributed by atoms with E-state index in [0.29, 0.717) is 6.10 Å². The Bertz CT molecular complexity index is 196. The lowest BCUT2D eigenvalue weighted by atomic mass is 10.1. The highest BCUT2D eigenvalue weighted by Crippen LogP contribution is 2.21. The largest absolute Gasteiger partial charge is 0.377 e. The van der Waals surface area contributed by atoms with Crippen LogP contribution in [0.5, 0.6) is 0 Å². The van der Waals surface area contributed by atoms with E-state index in [1.807, 2.05) is 0 Å². The van der Waals surface area contributed by atoms with Crippen LogP contribution in [0, 0.1) is 0 Å². The third-order valence-electron chi connectivity index (χ3n) is 3.53. The molecule has 0 aliphatic carbocycles. The van der Waals surface area contributed by atoms with E-state index in [9.17, 15) is 0 Å². The van der Waals surface area contributed by atoms with Crippen LogP contribution in [0.3, 0.4) is 0 Å². The first kappa shape index (κ1) is 11.4. The van der Waals surface area contributed by atoms with Gasteiger partial charge in [0.25, 0.3) is 0 Å². The molecule has 15 heavy (non-hydrogen) atoms. The Hall–Kier alpha value is -0.120. The van der Waals surface area contributed by atoms with Gasteiger partial charge in [-0.15, -0.1) is 0 Å². The minimum Gasteiger partial charge on any atom is -0.377 e. The van der Waals surface area contributed by atoms with Gasteiger partial charge >= 0.3 is 0 Å². The minimum atomic E-state index is 0.373. The first-order valence-corrected chi connectivity index (χ1v) is 6.33. The fourth-order valence-corrected chi connectivity index (χ4v) is 2.68. The second-order valence-corrected chi connectivity index (χ2v) is 5.05. The maximum Gasteiger partial charge on any atom is 0.0596 e. The predicted molar refractivity (Wildman–Crippen MR) is 62.1 cm³/mol. The van der Waals surface area contributed by atoms with Crippen LogP contribution in [0.4, 0.5) is 0 Å². The maximum atomic E-state index is 5.60. The zero-order chi connectivity index (χ0) is 10.7. The molecule has 1 atom stereocenters. The van der Waals surface area contributed by atoms with E-state index < -0.39 is 0 Å². The molecule has 0 spiro atoms. The van der Waals surface area contributed by atoms with Gasteiger partial charge in [0, 0.05) is 32.2 Å². The number of piperazine rings is 1. The lowest BCUT2D eigenvalue weighted by Gasteiger charge is -2.37. The first-order valence-electron chi connectivity index (χ1n) is 6.33. The molecule has 88 valence electrons. The van der Waals surface area contributed by atoms with Gasteiger partial charge < -0.3 is 4.74 Å². The van der Waals surface area contributed by atoms with Crippen LogP contribution in [0.1, 0.15) is 26.7 Å². The summed E-state index contributed by atoms with van der Waals surface area (Å²) in [6.45, 7) is 11.3. The molecule has 0 aromatic heterocycles. The van der Waals surface area contributed by atoms with E-state index in [1.54, 1.807) is 0 Å². The molecule has 0 saturated carbocycles. The molecule has 0 N–H and O–H groups in total. The Morgan fingerprint density at radius 3 is 2.93 bits per heavy atom. The number of rotatable bonds is 4. The normalized spacial score (nSPS) is 28.6. The highest BCUT2D eigenvalue weighted by molar-refractivity contribution is 4.86. The third-order valence-corrected chi connectivity index (χ3v) is 3.53.